The Morgan fingerprint density at radius 1 is 1.19 bits per heavy atom. The highest BCUT2D eigenvalue weighted by molar-refractivity contribution is 4.82. The van der Waals surface area contributed by atoms with Crippen LogP contribution in [0.1, 0.15) is 52.9 Å². The maximum absolute atomic E-state index is 3.60. The number of nitrogens with one attached hydrogen (secondary N) is 1. The lowest BCUT2D eigenvalue weighted by atomic mass is 9.93. The van der Waals surface area contributed by atoms with Gasteiger partial charge in [0, 0.05) is 12.6 Å². The largest absolute Gasteiger partial charge is 0.314 e. The van der Waals surface area contributed by atoms with E-state index < -0.39 is 0 Å². The van der Waals surface area contributed by atoms with E-state index >= 15 is 0 Å². The summed E-state index contributed by atoms with van der Waals surface area (Å²) in [4.78, 5) is 2.66. The fraction of sp³-hybridized carbons (Fsp3) is 1.00. The molecule has 0 spiro atoms. The molecule has 96 valence electrons. The van der Waals surface area contributed by atoms with Gasteiger partial charge in [-0.3, -0.25) is 0 Å². The maximum atomic E-state index is 3.60. The molecule has 0 radical (unpaired) electrons. The van der Waals surface area contributed by atoms with Crippen LogP contribution in [0.25, 0.3) is 0 Å². The van der Waals surface area contributed by atoms with Gasteiger partial charge in [0.05, 0.1) is 0 Å². The molecule has 1 rings (SSSR count). The summed E-state index contributed by atoms with van der Waals surface area (Å²) in [5.74, 6) is 0.819. The molecule has 16 heavy (non-hydrogen) atoms. The van der Waals surface area contributed by atoms with Crippen LogP contribution in [0.2, 0.25) is 0 Å². The normalized spacial score (nSPS) is 27.2. The summed E-state index contributed by atoms with van der Waals surface area (Å²) in [6.45, 7) is 11.9. The van der Waals surface area contributed by atoms with Crippen LogP contribution in [0.4, 0.5) is 0 Å². The van der Waals surface area contributed by atoms with Gasteiger partial charge in [0.2, 0.25) is 0 Å². The lowest BCUT2D eigenvalue weighted by Gasteiger charge is -2.37. The molecule has 0 aromatic rings. The Bertz CT molecular complexity index is 168. The zero-order valence-corrected chi connectivity index (χ0v) is 11.5. The number of likely N-dealkylation sites (tertiary alicyclic amines) is 1. The predicted molar refractivity (Wildman–Crippen MR) is 71.8 cm³/mol. The van der Waals surface area contributed by atoms with Gasteiger partial charge in [-0.15, -0.1) is 0 Å². The van der Waals surface area contributed by atoms with Crippen molar-refractivity contribution in [3.63, 3.8) is 0 Å². The third-order valence-corrected chi connectivity index (χ3v) is 3.78. The van der Waals surface area contributed by atoms with E-state index in [-0.39, 0.29) is 0 Å². The molecule has 0 aromatic carbocycles. The monoisotopic (exact) mass is 226 g/mol. The summed E-state index contributed by atoms with van der Waals surface area (Å²) in [6.07, 6.45) is 6.90. The zero-order chi connectivity index (χ0) is 11.8. The van der Waals surface area contributed by atoms with Gasteiger partial charge in [-0.1, -0.05) is 40.0 Å². The molecule has 1 saturated heterocycles. The third kappa shape index (κ3) is 4.84. The molecule has 2 unspecified atom stereocenters. The Hall–Kier alpha value is -0.0800. The second-order valence-corrected chi connectivity index (χ2v) is 5.29. The summed E-state index contributed by atoms with van der Waals surface area (Å²) >= 11 is 0. The van der Waals surface area contributed by atoms with Gasteiger partial charge in [-0.2, -0.15) is 0 Å². The number of rotatable bonds is 7. The SMILES string of the molecule is CCCCCCN1CCC(NCC)C(C)C1. The molecule has 0 aromatic heterocycles. The van der Waals surface area contributed by atoms with Crippen molar-refractivity contribution >= 4 is 0 Å². The van der Waals surface area contributed by atoms with E-state index in [1.807, 2.05) is 0 Å². The molecule has 1 fully saturated rings. The van der Waals surface area contributed by atoms with E-state index in [0.29, 0.717) is 0 Å². The highest BCUT2D eigenvalue weighted by atomic mass is 15.1. The second-order valence-electron chi connectivity index (χ2n) is 5.29. The van der Waals surface area contributed by atoms with E-state index in [1.165, 1.54) is 51.7 Å². The molecule has 2 atom stereocenters. The fourth-order valence-corrected chi connectivity index (χ4v) is 2.76. The molecule has 1 aliphatic rings. The van der Waals surface area contributed by atoms with Crippen LogP contribution in [0, 0.1) is 5.92 Å². The molecular formula is C14H30N2. The predicted octanol–water partition coefficient (Wildman–Crippen LogP) is 2.89. The van der Waals surface area contributed by atoms with Crippen molar-refractivity contribution < 1.29 is 0 Å². The number of unbranched alkanes of at least 4 members (excludes halogenated alkanes) is 3. The first-order chi connectivity index (χ1) is 7.77. The first-order valence-corrected chi connectivity index (χ1v) is 7.23. The van der Waals surface area contributed by atoms with Gasteiger partial charge >= 0.3 is 0 Å². The van der Waals surface area contributed by atoms with Crippen LogP contribution >= 0.6 is 0 Å². The molecule has 1 aliphatic heterocycles. The molecule has 1 heterocycles. The third-order valence-electron chi connectivity index (χ3n) is 3.78. The van der Waals surface area contributed by atoms with Crippen LogP contribution in [0.5, 0.6) is 0 Å². The number of hydrogen-bond donors (Lipinski definition) is 1. The molecule has 2 heteroatoms. The van der Waals surface area contributed by atoms with E-state index in [9.17, 15) is 0 Å². The Morgan fingerprint density at radius 2 is 2.00 bits per heavy atom. The van der Waals surface area contributed by atoms with Gasteiger partial charge in [0.15, 0.2) is 0 Å². The molecule has 2 nitrogen and oxygen atoms in total. The first-order valence-electron chi connectivity index (χ1n) is 7.23. The molecule has 0 saturated carbocycles. The van der Waals surface area contributed by atoms with E-state index in [1.54, 1.807) is 0 Å². The quantitative estimate of drug-likeness (QED) is 0.672. The minimum atomic E-state index is 0.761. The Kier molecular flexibility index (Phi) is 7.06. The fourth-order valence-electron chi connectivity index (χ4n) is 2.76. The number of nitrogens with zero attached hydrogens (tertiary/aromatic N) is 1. The average molecular weight is 226 g/mol. The minimum Gasteiger partial charge on any atom is -0.314 e. The summed E-state index contributed by atoms with van der Waals surface area (Å²) in [5.41, 5.74) is 0. The molecule has 1 N–H and O–H groups in total. The van der Waals surface area contributed by atoms with Crippen molar-refractivity contribution in [3.8, 4) is 0 Å². The minimum absolute atomic E-state index is 0.761. The highest BCUT2D eigenvalue weighted by Crippen LogP contribution is 2.17. The Balaban J connectivity index is 2.13. The molecular weight excluding hydrogens is 196 g/mol. The van der Waals surface area contributed by atoms with Crippen LogP contribution in [-0.4, -0.2) is 37.1 Å². The van der Waals surface area contributed by atoms with Gasteiger partial charge in [0.1, 0.15) is 0 Å². The number of piperidine rings is 1. The molecule has 0 aliphatic carbocycles. The standard InChI is InChI=1S/C14H30N2/c1-4-6-7-8-10-16-11-9-14(15-5-2)13(3)12-16/h13-15H,4-12H2,1-3H3. The van der Waals surface area contributed by atoms with Crippen LogP contribution in [0.15, 0.2) is 0 Å². The van der Waals surface area contributed by atoms with E-state index in [2.05, 4.69) is 31.0 Å². The summed E-state index contributed by atoms with van der Waals surface area (Å²) in [5, 5.41) is 3.60. The second kappa shape index (κ2) is 8.08. The Labute approximate surface area is 102 Å². The van der Waals surface area contributed by atoms with Gasteiger partial charge < -0.3 is 10.2 Å². The van der Waals surface area contributed by atoms with Gasteiger partial charge in [-0.25, -0.2) is 0 Å². The first kappa shape index (κ1) is 14.0. The summed E-state index contributed by atoms with van der Waals surface area (Å²) in [6, 6.07) is 0.761. The van der Waals surface area contributed by atoms with Crippen molar-refractivity contribution in [3.05, 3.63) is 0 Å². The lowest BCUT2D eigenvalue weighted by Crippen LogP contribution is -2.48. The van der Waals surface area contributed by atoms with Gasteiger partial charge in [-0.05, 0) is 38.4 Å². The smallest absolute Gasteiger partial charge is 0.0117 e. The van der Waals surface area contributed by atoms with Crippen molar-refractivity contribution in [2.45, 2.75) is 58.9 Å². The zero-order valence-electron chi connectivity index (χ0n) is 11.5. The molecule has 0 amide bonds. The summed E-state index contributed by atoms with van der Waals surface area (Å²) < 4.78 is 0. The van der Waals surface area contributed by atoms with Crippen molar-refractivity contribution in [1.29, 1.82) is 0 Å². The van der Waals surface area contributed by atoms with Gasteiger partial charge in [0.25, 0.3) is 0 Å². The maximum Gasteiger partial charge on any atom is 0.0117 e. The topological polar surface area (TPSA) is 15.3 Å². The van der Waals surface area contributed by atoms with Crippen molar-refractivity contribution in [2.24, 2.45) is 5.92 Å². The van der Waals surface area contributed by atoms with Crippen LogP contribution < -0.4 is 5.32 Å². The van der Waals surface area contributed by atoms with Crippen LogP contribution in [-0.2, 0) is 0 Å². The molecule has 0 bridgehead atoms. The van der Waals surface area contributed by atoms with Crippen molar-refractivity contribution in [2.75, 3.05) is 26.2 Å². The highest BCUT2D eigenvalue weighted by Gasteiger charge is 2.24. The lowest BCUT2D eigenvalue weighted by molar-refractivity contribution is 0.146. The summed E-state index contributed by atoms with van der Waals surface area (Å²) in [7, 11) is 0. The van der Waals surface area contributed by atoms with E-state index in [0.717, 1.165) is 18.5 Å². The Morgan fingerprint density at radius 3 is 2.62 bits per heavy atom. The van der Waals surface area contributed by atoms with Crippen molar-refractivity contribution in [1.82, 2.24) is 10.2 Å². The number of hydrogen-bond acceptors (Lipinski definition) is 2. The average Bonchev–Trinajstić information content (AvgIpc) is 2.28. The van der Waals surface area contributed by atoms with Crippen LogP contribution in [0.3, 0.4) is 0 Å². The van der Waals surface area contributed by atoms with E-state index in [4.69, 9.17) is 0 Å².